The molecule has 0 radical (unpaired) electrons. The lowest BCUT2D eigenvalue weighted by atomic mass is 9.67. The molecule has 1 unspecified atom stereocenters. The number of benzene rings is 2. The number of carboxylic acids is 1. The number of nitrogens with zero attached hydrogens (tertiary/aromatic N) is 3. The summed E-state index contributed by atoms with van der Waals surface area (Å²) >= 11 is 8.07. The van der Waals surface area contributed by atoms with E-state index in [1.807, 2.05) is 18.2 Å². The average molecular weight is 664 g/mol. The molecule has 0 bridgehead atoms. The lowest BCUT2D eigenvalue weighted by Gasteiger charge is -2.47. The standard InChI is InChI=1S/C36H42ClN3O5S/c1-23(46-35-38-13-3-14-39-35)20-44-28-11-15-43-33(18-28)29-8-5-26(29)19-40-21-36(12-2-4-24-16-27(37)7-9-30(24)36)22-45-32-10-6-25(34(41)42)17-31(32)40/h3,6-7,9-10,13-14,16-17,23,26,28-29,33H,2,4-5,8,11-12,15,18-22H2,1H3,(H,41,42)/t23-,26-,28+,29+,33-,36?/m0/s1. The van der Waals surface area contributed by atoms with Crippen LogP contribution in [0, 0.1) is 11.8 Å². The molecule has 7 rings (SSSR count). The van der Waals surface area contributed by atoms with Crippen LogP contribution in [0.15, 0.2) is 60.0 Å². The monoisotopic (exact) mass is 663 g/mol. The molecular weight excluding hydrogens is 622 g/mol. The van der Waals surface area contributed by atoms with E-state index in [-0.39, 0.29) is 28.4 Å². The number of ether oxygens (including phenoxy) is 3. The van der Waals surface area contributed by atoms with Gasteiger partial charge in [0.1, 0.15) is 5.75 Å². The third-order valence-corrected chi connectivity index (χ3v) is 11.6. The van der Waals surface area contributed by atoms with Crippen LogP contribution >= 0.6 is 23.4 Å². The van der Waals surface area contributed by atoms with E-state index in [2.05, 4.69) is 33.9 Å². The molecule has 244 valence electrons. The number of fused-ring (bicyclic) bond motifs is 3. The molecule has 1 saturated heterocycles. The molecule has 4 aliphatic rings. The number of carbonyl (C=O) groups is 1. The molecule has 10 heteroatoms. The van der Waals surface area contributed by atoms with Crippen molar-refractivity contribution in [3.8, 4) is 5.75 Å². The molecule has 1 aromatic heterocycles. The van der Waals surface area contributed by atoms with Gasteiger partial charge in [-0.1, -0.05) is 36.4 Å². The first-order chi connectivity index (χ1) is 22.4. The first kappa shape index (κ1) is 31.7. The van der Waals surface area contributed by atoms with Gasteiger partial charge in [0.15, 0.2) is 5.16 Å². The maximum Gasteiger partial charge on any atom is 0.335 e. The number of hydrogen-bond acceptors (Lipinski definition) is 8. The summed E-state index contributed by atoms with van der Waals surface area (Å²) in [7, 11) is 0. The van der Waals surface area contributed by atoms with Crippen LogP contribution in [0.3, 0.4) is 0 Å². The van der Waals surface area contributed by atoms with Gasteiger partial charge in [-0.05, 0) is 97.9 Å². The molecule has 2 aromatic carbocycles. The summed E-state index contributed by atoms with van der Waals surface area (Å²) < 4.78 is 19.4. The first-order valence-corrected chi connectivity index (χ1v) is 17.8. The van der Waals surface area contributed by atoms with Crippen molar-refractivity contribution < 1.29 is 24.1 Å². The number of aromatic nitrogens is 2. The summed E-state index contributed by atoms with van der Waals surface area (Å²) in [6.07, 6.45) is 11.1. The number of hydrogen-bond donors (Lipinski definition) is 1. The minimum Gasteiger partial charge on any atom is -0.490 e. The van der Waals surface area contributed by atoms with Crippen LogP contribution < -0.4 is 9.64 Å². The van der Waals surface area contributed by atoms with Crippen LogP contribution in [0.4, 0.5) is 5.69 Å². The van der Waals surface area contributed by atoms with Crippen molar-refractivity contribution in [2.75, 3.05) is 37.8 Å². The van der Waals surface area contributed by atoms with Crippen molar-refractivity contribution in [1.29, 1.82) is 0 Å². The molecule has 1 N–H and O–H groups in total. The summed E-state index contributed by atoms with van der Waals surface area (Å²) in [4.78, 5) is 23.1. The zero-order valence-electron chi connectivity index (χ0n) is 26.3. The van der Waals surface area contributed by atoms with E-state index < -0.39 is 5.97 Å². The molecule has 3 heterocycles. The fourth-order valence-corrected chi connectivity index (χ4v) is 8.86. The fraction of sp³-hybridized carbons (Fsp3) is 0.528. The second kappa shape index (κ2) is 13.7. The maximum atomic E-state index is 12.0. The van der Waals surface area contributed by atoms with E-state index in [9.17, 15) is 9.90 Å². The van der Waals surface area contributed by atoms with Crippen molar-refractivity contribution in [2.24, 2.45) is 11.8 Å². The summed E-state index contributed by atoms with van der Waals surface area (Å²) in [5.41, 5.74) is 3.58. The van der Waals surface area contributed by atoms with E-state index >= 15 is 0 Å². The summed E-state index contributed by atoms with van der Waals surface area (Å²) in [6, 6.07) is 13.4. The molecule has 2 fully saturated rings. The Morgan fingerprint density at radius 3 is 2.87 bits per heavy atom. The normalized spacial score (nSPS) is 27.9. The number of carboxylic acid groups (broad SMARTS) is 1. The van der Waals surface area contributed by atoms with E-state index in [4.69, 9.17) is 25.8 Å². The lowest BCUT2D eigenvalue weighted by Crippen LogP contribution is -2.50. The zero-order valence-corrected chi connectivity index (χ0v) is 27.8. The molecule has 46 heavy (non-hydrogen) atoms. The molecule has 8 nitrogen and oxygen atoms in total. The van der Waals surface area contributed by atoms with E-state index in [0.717, 1.165) is 79.7 Å². The van der Waals surface area contributed by atoms with Crippen molar-refractivity contribution >= 4 is 35.0 Å². The van der Waals surface area contributed by atoms with Gasteiger partial charge in [0.05, 0.1) is 36.7 Å². The topological polar surface area (TPSA) is 94.0 Å². The minimum absolute atomic E-state index is 0.164. The first-order valence-electron chi connectivity index (χ1n) is 16.6. The molecule has 2 aliphatic carbocycles. The van der Waals surface area contributed by atoms with Crippen molar-refractivity contribution in [2.45, 2.75) is 79.9 Å². The van der Waals surface area contributed by atoms with Crippen LogP contribution in [-0.4, -0.2) is 71.4 Å². The van der Waals surface area contributed by atoms with Crippen LogP contribution in [0.2, 0.25) is 5.02 Å². The number of aromatic carboxylic acids is 1. The summed E-state index contributed by atoms with van der Waals surface area (Å²) in [6.45, 7) is 5.70. The maximum absolute atomic E-state index is 12.0. The number of anilines is 1. The van der Waals surface area contributed by atoms with Crippen LogP contribution in [-0.2, 0) is 21.3 Å². The Balaban J connectivity index is 1.06. The summed E-state index contributed by atoms with van der Waals surface area (Å²) in [5.74, 6) is 0.721. The Labute approximate surface area is 280 Å². The Hall–Kier alpha value is -2.85. The lowest BCUT2D eigenvalue weighted by molar-refractivity contribution is -0.116. The Morgan fingerprint density at radius 2 is 2.07 bits per heavy atom. The third kappa shape index (κ3) is 6.75. The predicted molar refractivity (Wildman–Crippen MR) is 179 cm³/mol. The third-order valence-electron chi connectivity index (χ3n) is 10.4. The van der Waals surface area contributed by atoms with E-state index in [1.54, 1.807) is 36.3 Å². The van der Waals surface area contributed by atoms with E-state index in [1.165, 1.54) is 11.1 Å². The van der Waals surface area contributed by atoms with Crippen LogP contribution in [0.25, 0.3) is 0 Å². The van der Waals surface area contributed by atoms with Gasteiger partial charge in [0.25, 0.3) is 0 Å². The molecule has 1 saturated carbocycles. The average Bonchev–Trinajstić information content (AvgIpc) is 3.19. The smallest absolute Gasteiger partial charge is 0.335 e. The zero-order chi connectivity index (χ0) is 31.7. The van der Waals surface area contributed by atoms with Crippen LogP contribution in [0.1, 0.15) is 66.9 Å². The van der Waals surface area contributed by atoms with Gasteiger partial charge in [0.2, 0.25) is 0 Å². The largest absolute Gasteiger partial charge is 0.490 e. The summed E-state index contributed by atoms with van der Waals surface area (Å²) in [5, 5.41) is 11.7. The highest BCUT2D eigenvalue weighted by Crippen LogP contribution is 2.47. The molecule has 6 atom stereocenters. The molecule has 2 aliphatic heterocycles. The highest BCUT2D eigenvalue weighted by molar-refractivity contribution is 7.99. The highest BCUT2D eigenvalue weighted by atomic mass is 35.5. The number of thioether (sulfide) groups is 1. The van der Waals surface area contributed by atoms with Gasteiger partial charge in [-0.3, -0.25) is 0 Å². The van der Waals surface area contributed by atoms with Crippen molar-refractivity contribution in [1.82, 2.24) is 9.97 Å². The van der Waals surface area contributed by atoms with Gasteiger partial charge >= 0.3 is 5.97 Å². The fourth-order valence-electron chi connectivity index (χ4n) is 7.92. The number of aryl methyl sites for hydroxylation is 1. The highest BCUT2D eigenvalue weighted by Gasteiger charge is 2.45. The van der Waals surface area contributed by atoms with Gasteiger partial charge in [-0.25, -0.2) is 14.8 Å². The van der Waals surface area contributed by atoms with Gasteiger partial charge in [-0.15, -0.1) is 0 Å². The number of halogens is 1. The molecular formula is C36H42ClN3O5S. The van der Waals surface area contributed by atoms with Crippen molar-refractivity contribution in [3.05, 3.63) is 76.6 Å². The Bertz CT molecular complexity index is 1550. The number of rotatable bonds is 9. The second-order valence-corrected chi connectivity index (χ2v) is 15.3. The SMILES string of the molecule is C[C@@H](CO[C@@H]1CCO[C@H]([C@@H]2CC[C@H]2CN2CC3(CCCc4cc(Cl)ccc43)COc3ccc(C(=O)O)cc32)C1)Sc1ncccn1. The molecule has 3 aromatic rings. The van der Waals surface area contributed by atoms with Gasteiger partial charge in [0, 0.05) is 54.2 Å². The minimum atomic E-state index is -0.924. The van der Waals surface area contributed by atoms with E-state index in [0.29, 0.717) is 31.7 Å². The van der Waals surface area contributed by atoms with Gasteiger partial charge < -0.3 is 24.2 Å². The predicted octanol–water partition coefficient (Wildman–Crippen LogP) is 7.07. The Kier molecular flexibility index (Phi) is 9.46. The molecule has 1 spiro atoms. The quantitative estimate of drug-likeness (QED) is 0.191. The van der Waals surface area contributed by atoms with Crippen LogP contribution in [0.5, 0.6) is 5.75 Å². The molecule has 0 amide bonds. The Morgan fingerprint density at radius 1 is 1.20 bits per heavy atom. The van der Waals surface area contributed by atoms with Crippen molar-refractivity contribution in [3.63, 3.8) is 0 Å². The second-order valence-electron chi connectivity index (χ2n) is 13.4. The van der Waals surface area contributed by atoms with Gasteiger partial charge in [-0.2, -0.15) is 0 Å².